The lowest BCUT2D eigenvalue weighted by Gasteiger charge is -2.36. The molecule has 0 amide bonds. The first kappa shape index (κ1) is 21.3. The van der Waals surface area contributed by atoms with Crippen molar-refractivity contribution >= 4 is 28.1 Å². The molecule has 0 radical (unpaired) electrons. The summed E-state index contributed by atoms with van der Waals surface area (Å²) in [7, 11) is 1.31. The van der Waals surface area contributed by atoms with E-state index >= 15 is 0 Å². The van der Waals surface area contributed by atoms with Gasteiger partial charge in [-0.2, -0.15) is 0 Å². The highest BCUT2D eigenvalue weighted by molar-refractivity contribution is 7.14. The van der Waals surface area contributed by atoms with E-state index in [1.54, 1.807) is 5.38 Å². The summed E-state index contributed by atoms with van der Waals surface area (Å²) in [6.07, 6.45) is 0. The molecule has 0 spiro atoms. The molecule has 3 aromatic carbocycles. The number of anilines is 1. The number of rotatable bonds is 8. The second kappa shape index (κ2) is 9.45. The topological polar surface area (TPSA) is 83.8 Å². The van der Waals surface area contributed by atoms with Crippen LogP contribution >= 0.6 is 11.3 Å². The largest absolute Gasteiger partial charge is 0.476 e. The molecule has 0 atom stereocenters. The zero-order chi connectivity index (χ0) is 22.4. The van der Waals surface area contributed by atoms with E-state index in [4.69, 9.17) is 0 Å². The number of thiazole rings is 1. The van der Waals surface area contributed by atoms with Gasteiger partial charge in [-0.3, -0.25) is 0 Å². The Morgan fingerprint density at radius 3 is 1.78 bits per heavy atom. The van der Waals surface area contributed by atoms with E-state index in [9.17, 15) is 9.90 Å². The number of nitrogens with one attached hydrogen (secondary N) is 1. The Morgan fingerprint density at radius 2 is 1.38 bits per heavy atom. The molecule has 0 unspecified atom stereocenters. The predicted octanol–water partition coefficient (Wildman–Crippen LogP) is 4.98. The van der Waals surface area contributed by atoms with Crippen molar-refractivity contribution in [1.29, 1.82) is 0 Å². The van der Waals surface area contributed by atoms with Gasteiger partial charge in [-0.1, -0.05) is 96.2 Å². The van der Waals surface area contributed by atoms with Gasteiger partial charge in [0.1, 0.15) is 18.3 Å². The van der Waals surface area contributed by atoms with E-state index in [-0.39, 0.29) is 11.4 Å². The van der Waals surface area contributed by atoms with Gasteiger partial charge in [-0.15, -0.1) is 11.3 Å². The number of carbonyl (C=O) groups is 1. The number of aliphatic carboxylic acids is 1. The van der Waals surface area contributed by atoms with Gasteiger partial charge in [0.2, 0.25) is 5.71 Å². The first-order chi connectivity index (χ1) is 15.6. The second-order valence-electron chi connectivity index (χ2n) is 6.94. The fraction of sp³-hybridized carbons (Fsp3) is 0.0800. The second-order valence-corrected chi connectivity index (χ2v) is 7.80. The zero-order valence-electron chi connectivity index (χ0n) is 17.3. The molecule has 6 nitrogen and oxygen atoms in total. The molecule has 4 rings (SSSR count). The molecule has 0 aliphatic carbocycles. The standard InChI is InChI=1S/C25H21N3O3S/c1-31-28-22(23(29)30)21-17-32-24(26-21)27-25(18-11-5-2-6-12-18,19-13-7-3-8-14-19)20-15-9-4-10-16-20/h2-17H,1H3,(H,26,27)(H,29,30)/b28-22+. The third-order valence-electron chi connectivity index (χ3n) is 5.05. The van der Waals surface area contributed by atoms with E-state index in [1.807, 2.05) is 54.6 Å². The molecule has 1 aromatic heterocycles. The van der Waals surface area contributed by atoms with Gasteiger partial charge in [0, 0.05) is 5.38 Å². The quantitative estimate of drug-likeness (QED) is 0.228. The average molecular weight is 444 g/mol. The Morgan fingerprint density at radius 1 is 0.906 bits per heavy atom. The van der Waals surface area contributed by atoms with Crippen molar-refractivity contribution in [2.45, 2.75) is 5.54 Å². The number of carboxylic acids is 1. The molecule has 0 saturated heterocycles. The monoisotopic (exact) mass is 443 g/mol. The van der Waals surface area contributed by atoms with E-state index in [0.717, 1.165) is 16.7 Å². The number of hydrogen-bond donors (Lipinski definition) is 2. The Kier molecular flexibility index (Phi) is 6.28. The van der Waals surface area contributed by atoms with Gasteiger partial charge in [-0.25, -0.2) is 9.78 Å². The third kappa shape index (κ3) is 4.10. The maximum Gasteiger partial charge on any atom is 0.360 e. The first-order valence-electron chi connectivity index (χ1n) is 9.90. The summed E-state index contributed by atoms with van der Waals surface area (Å²) >= 11 is 1.31. The van der Waals surface area contributed by atoms with Gasteiger partial charge < -0.3 is 15.3 Å². The summed E-state index contributed by atoms with van der Waals surface area (Å²) in [6, 6.07) is 30.3. The highest BCUT2D eigenvalue weighted by atomic mass is 32.1. The molecule has 32 heavy (non-hydrogen) atoms. The molecule has 160 valence electrons. The summed E-state index contributed by atoms with van der Waals surface area (Å²) in [4.78, 5) is 20.8. The van der Waals surface area contributed by atoms with Crippen molar-refractivity contribution in [2.24, 2.45) is 5.16 Å². The minimum Gasteiger partial charge on any atom is -0.476 e. The van der Waals surface area contributed by atoms with E-state index < -0.39 is 11.5 Å². The number of aromatic nitrogens is 1. The fourth-order valence-electron chi connectivity index (χ4n) is 3.67. The number of oxime groups is 1. The van der Waals surface area contributed by atoms with Gasteiger partial charge in [-0.05, 0) is 16.7 Å². The molecular weight excluding hydrogens is 422 g/mol. The SMILES string of the molecule is CO/N=C(/C(=O)O)c1csc(NC(c2ccccc2)(c2ccccc2)c2ccccc2)n1. The molecule has 2 N–H and O–H groups in total. The number of hydrogen-bond acceptors (Lipinski definition) is 6. The Balaban J connectivity index is 1.90. The Labute approximate surface area is 189 Å². The summed E-state index contributed by atoms with van der Waals surface area (Å²) in [5.74, 6) is -1.20. The van der Waals surface area contributed by atoms with Crippen molar-refractivity contribution in [1.82, 2.24) is 4.98 Å². The molecule has 7 heteroatoms. The van der Waals surface area contributed by atoms with Gasteiger partial charge in [0.05, 0.1) is 0 Å². The maximum atomic E-state index is 11.6. The van der Waals surface area contributed by atoms with E-state index in [0.29, 0.717) is 5.13 Å². The van der Waals surface area contributed by atoms with Crippen molar-refractivity contribution in [3.8, 4) is 0 Å². The molecular formula is C25H21N3O3S. The van der Waals surface area contributed by atoms with E-state index in [2.05, 4.69) is 56.7 Å². The predicted molar refractivity (Wildman–Crippen MR) is 126 cm³/mol. The molecule has 4 aromatic rings. The molecule has 0 aliphatic heterocycles. The lowest BCUT2D eigenvalue weighted by Crippen LogP contribution is -2.38. The van der Waals surface area contributed by atoms with Gasteiger partial charge in [0.15, 0.2) is 5.13 Å². The lowest BCUT2D eigenvalue weighted by molar-refractivity contribution is -0.129. The zero-order valence-corrected chi connectivity index (χ0v) is 18.1. The molecule has 0 bridgehead atoms. The maximum absolute atomic E-state index is 11.6. The summed E-state index contributed by atoms with van der Waals surface area (Å²) in [5.41, 5.74) is 2.31. The summed E-state index contributed by atoms with van der Waals surface area (Å²) in [6.45, 7) is 0. The molecule has 1 heterocycles. The van der Waals surface area contributed by atoms with Gasteiger partial charge >= 0.3 is 5.97 Å². The smallest absolute Gasteiger partial charge is 0.360 e. The lowest BCUT2D eigenvalue weighted by atomic mass is 9.77. The van der Waals surface area contributed by atoms with Crippen molar-refractivity contribution in [2.75, 3.05) is 12.4 Å². The Hall–Kier alpha value is -3.97. The summed E-state index contributed by atoms with van der Waals surface area (Å²) in [5, 5.41) is 18.9. The number of carboxylic acid groups (broad SMARTS) is 1. The Bertz CT molecular complexity index is 1110. The van der Waals surface area contributed by atoms with Crippen LogP contribution in [-0.4, -0.2) is 28.9 Å². The minimum absolute atomic E-state index is 0.231. The molecule has 0 aliphatic rings. The van der Waals surface area contributed by atoms with Crippen LogP contribution in [0.3, 0.4) is 0 Å². The number of nitrogens with zero attached hydrogens (tertiary/aromatic N) is 2. The van der Waals surface area contributed by atoms with Crippen LogP contribution in [0.4, 0.5) is 5.13 Å². The van der Waals surface area contributed by atoms with Crippen LogP contribution in [0, 0.1) is 0 Å². The summed E-state index contributed by atoms with van der Waals surface area (Å²) < 4.78 is 0. The number of benzene rings is 3. The van der Waals surface area contributed by atoms with Crippen LogP contribution < -0.4 is 5.32 Å². The van der Waals surface area contributed by atoms with E-state index in [1.165, 1.54) is 18.4 Å². The highest BCUT2D eigenvalue weighted by Crippen LogP contribution is 2.40. The normalized spacial score (nSPS) is 11.7. The van der Waals surface area contributed by atoms with Gasteiger partial charge in [0.25, 0.3) is 0 Å². The van der Waals surface area contributed by atoms with Crippen LogP contribution in [0.5, 0.6) is 0 Å². The minimum atomic E-state index is -1.20. The third-order valence-corrected chi connectivity index (χ3v) is 5.80. The molecule has 0 fully saturated rings. The fourth-order valence-corrected chi connectivity index (χ4v) is 4.42. The van der Waals surface area contributed by atoms with Crippen molar-refractivity contribution in [3.05, 3.63) is 119 Å². The van der Waals surface area contributed by atoms with Crippen LogP contribution in [0.15, 0.2) is 102 Å². The average Bonchev–Trinajstić information content (AvgIpc) is 3.30. The van der Waals surface area contributed by atoms with Crippen LogP contribution in [0.25, 0.3) is 0 Å². The first-order valence-corrected chi connectivity index (χ1v) is 10.8. The van der Waals surface area contributed by atoms with Crippen LogP contribution in [0.2, 0.25) is 0 Å². The molecule has 0 saturated carbocycles. The van der Waals surface area contributed by atoms with Crippen LogP contribution in [0.1, 0.15) is 22.4 Å². The van der Waals surface area contributed by atoms with Crippen molar-refractivity contribution in [3.63, 3.8) is 0 Å². The van der Waals surface area contributed by atoms with Crippen LogP contribution in [-0.2, 0) is 15.2 Å². The highest BCUT2D eigenvalue weighted by Gasteiger charge is 2.37. The van der Waals surface area contributed by atoms with Crippen molar-refractivity contribution < 1.29 is 14.7 Å².